The molecule has 1 aliphatic rings. The largest absolute Gasteiger partial charge is 0.469 e. The average molecular weight is 273 g/mol. The zero-order valence-corrected chi connectivity index (χ0v) is 11.1. The molecule has 1 heterocycles. The van der Waals surface area contributed by atoms with Gasteiger partial charge in [0, 0.05) is 13.0 Å². The number of amides is 1. The van der Waals surface area contributed by atoms with Crippen molar-refractivity contribution in [3.63, 3.8) is 0 Å². The molecule has 1 N–H and O–H groups in total. The lowest BCUT2D eigenvalue weighted by Crippen LogP contribution is -2.46. The lowest BCUT2D eigenvalue weighted by Gasteiger charge is -2.18. The maximum absolute atomic E-state index is 11.8. The smallest absolute Gasteiger partial charge is 0.328 e. The van der Waals surface area contributed by atoms with Crippen LogP contribution in [0.3, 0.4) is 0 Å². The quantitative estimate of drug-likeness (QED) is 0.673. The van der Waals surface area contributed by atoms with Gasteiger partial charge in [0.25, 0.3) is 0 Å². The van der Waals surface area contributed by atoms with Crippen molar-refractivity contribution in [1.29, 1.82) is 0 Å². The van der Waals surface area contributed by atoms with Gasteiger partial charge in [-0.05, 0) is 19.3 Å². The van der Waals surface area contributed by atoms with E-state index < -0.39 is 24.1 Å². The van der Waals surface area contributed by atoms with Gasteiger partial charge in [0.05, 0.1) is 14.2 Å². The van der Waals surface area contributed by atoms with Gasteiger partial charge in [0.1, 0.15) is 12.1 Å². The molecule has 0 spiro atoms. The van der Waals surface area contributed by atoms with Gasteiger partial charge >= 0.3 is 11.9 Å². The highest BCUT2D eigenvalue weighted by Crippen LogP contribution is 2.12. The standard InChI is InChI=1S/C12H19NO6/c1-17-10(14)6-5-8(12(16)18-2)13-11(15)9-4-3-7-19-9/h8-9H,3-7H2,1-2H3,(H,13,15)/t8-,9+/m0/s1. The van der Waals surface area contributed by atoms with Gasteiger partial charge in [0.2, 0.25) is 5.91 Å². The van der Waals surface area contributed by atoms with Crippen LogP contribution in [0.4, 0.5) is 0 Å². The first-order valence-corrected chi connectivity index (χ1v) is 6.15. The van der Waals surface area contributed by atoms with Crippen LogP contribution in [0.15, 0.2) is 0 Å². The van der Waals surface area contributed by atoms with Crippen LogP contribution in [0.25, 0.3) is 0 Å². The molecule has 0 aliphatic carbocycles. The SMILES string of the molecule is COC(=O)CC[C@H](NC(=O)[C@H]1CCCO1)C(=O)OC. The molecule has 0 unspecified atom stereocenters. The summed E-state index contributed by atoms with van der Waals surface area (Å²) in [6.07, 6.45) is 1.10. The molecule has 1 saturated heterocycles. The van der Waals surface area contributed by atoms with E-state index in [1.54, 1.807) is 0 Å². The van der Waals surface area contributed by atoms with E-state index in [1.165, 1.54) is 14.2 Å². The van der Waals surface area contributed by atoms with Crippen molar-refractivity contribution in [2.75, 3.05) is 20.8 Å². The number of rotatable bonds is 6. The summed E-state index contributed by atoms with van der Waals surface area (Å²) in [6.45, 7) is 0.545. The second kappa shape index (κ2) is 7.73. The highest BCUT2D eigenvalue weighted by atomic mass is 16.5. The zero-order chi connectivity index (χ0) is 14.3. The number of methoxy groups -OCH3 is 2. The average Bonchev–Trinajstić information content (AvgIpc) is 2.95. The first-order valence-electron chi connectivity index (χ1n) is 6.15. The predicted molar refractivity (Wildman–Crippen MR) is 64.2 cm³/mol. The van der Waals surface area contributed by atoms with E-state index in [2.05, 4.69) is 14.8 Å². The van der Waals surface area contributed by atoms with E-state index in [1.807, 2.05) is 0 Å². The van der Waals surface area contributed by atoms with Crippen LogP contribution in [-0.2, 0) is 28.6 Å². The van der Waals surface area contributed by atoms with E-state index in [-0.39, 0.29) is 18.7 Å². The minimum absolute atomic E-state index is 0.0298. The summed E-state index contributed by atoms with van der Waals surface area (Å²) in [6, 6.07) is -0.860. The monoisotopic (exact) mass is 273 g/mol. The van der Waals surface area contributed by atoms with Crippen LogP contribution in [0, 0.1) is 0 Å². The molecule has 19 heavy (non-hydrogen) atoms. The number of esters is 2. The molecule has 0 aromatic rings. The number of carbonyl (C=O) groups excluding carboxylic acids is 3. The Kier molecular flexibility index (Phi) is 6.27. The van der Waals surface area contributed by atoms with Gasteiger partial charge in [-0.25, -0.2) is 4.79 Å². The highest BCUT2D eigenvalue weighted by molar-refractivity contribution is 5.87. The summed E-state index contributed by atoms with van der Waals surface area (Å²) in [4.78, 5) is 34.4. The van der Waals surface area contributed by atoms with Gasteiger partial charge in [-0.3, -0.25) is 9.59 Å². The van der Waals surface area contributed by atoms with Crippen molar-refractivity contribution in [3.05, 3.63) is 0 Å². The minimum atomic E-state index is -0.860. The summed E-state index contributed by atoms with van der Waals surface area (Å²) < 4.78 is 14.3. The normalized spacial score (nSPS) is 19.6. The van der Waals surface area contributed by atoms with Crippen molar-refractivity contribution in [3.8, 4) is 0 Å². The maximum atomic E-state index is 11.8. The van der Waals surface area contributed by atoms with Gasteiger partial charge in [0.15, 0.2) is 0 Å². The van der Waals surface area contributed by atoms with Crippen molar-refractivity contribution >= 4 is 17.8 Å². The maximum Gasteiger partial charge on any atom is 0.328 e. The fourth-order valence-corrected chi connectivity index (χ4v) is 1.80. The molecule has 7 nitrogen and oxygen atoms in total. The third-order valence-corrected chi connectivity index (χ3v) is 2.89. The Morgan fingerprint density at radius 2 is 2.05 bits per heavy atom. The van der Waals surface area contributed by atoms with Crippen LogP contribution in [-0.4, -0.2) is 50.8 Å². The van der Waals surface area contributed by atoms with E-state index in [9.17, 15) is 14.4 Å². The van der Waals surface area contributed by atoms with Crippen LogP contribution >= 0.6 is 0 Å². The molecular weight excluding hydrogens is 254 g/mol. The van der Waals surface area contributed by atoms with Gasteiger partial charge < -0.3 is 19.5 Å². The molecule has 0 radical (unpaired) electrons. The number of nitrogens with one attached hydrogen (secondary N) is 1. The fourth-order valence-electron chi connectivity index (χ4n) is 1.80. The Morgan fingerprint density at radius 1 is 1.32 bits per heavy atom. The molecular formula is C12H19NO6. The van der Waals surface area contributed by atoms with E-state index in [4.69, 9.17) is 4.74 Å². The summed E-state index contributed by atoms with van der Waals surface area (Å²) in [5.41, 5.74) is 0. The molecule has 0 bridgehead atoms. The van der Waals surface area contributed by atoms with Crippen LogP contribution in [0.1, 0.15) is 25.7 Å². The molecule has 1 rings (SSSR count). The summed E-state index contributed by atoms with van der Waals surface area (Å²) >= 11 is 0. The molecule has 108 valence electrons. The van der Waals surface area contributed by atoms with Crippen molar-refractivity contribution in [1.82, 2.24) is 5.32 Å². The summed E-state index contributed by atoms with van der Waals surface area (Å²) in [7, 11) is 2.49. The molecule has 0 aromatic carbocycles. The van der Waals surface area contributed by atoms with Gasteiger partial charge in [-0.1, -0.05) is 0 Å². The number of ether oxygens (including phenoxy) is 3. The van der Waals surface area contributed by atoms with Crippen molar-refractivity contribution < 1.29 is 28.6 Å². The van der Waals surface area contributed by atoms with E-state index in [0.717, 1.165) is 6.42 Å². The molecule has 0 saturated carbocycles. The predicted octanol–water partition coefficient (Wildman–Crippen LogP) is -0.224. The third-order valence-electron chi connectivity index (χ3n) is 2.89. The number of hydrogen-bond acceptors (Lipinski definition) is 6. The molecule has 1 fully saturated rings. The zero-order valence-electron chi connectivity index (χ0n) is 11.1. The Balaban J connectivity index is 2.50. The first kappa shape index (κ1) is 15.4. The number of hydrogen-bond donors (Lipinski definition) is 1. The van der Waals surface area contributed by atoms with Gasteiger partial charge in [-0.15, -0.1) is 0 Å². The second-order valence-electron chi connectivity index (χ2n) is 4.20. The van der Waals surface area contributed by atoms with Crippen molar-refractivity contribution in [2.45, 2.75) is 37.8 Å². The van der Waals surface area contributed by atoms with Crippen LogP contribution < -0.4 is 5.32 Å². The molecule has 1 amide bonds. The van der Waals surface area contributed by atoms with Gasteiger partial charge in [-0.2, -0.15) is 0 Å². The van der Waals surface area contributed by atoms with E-state index in [0.29, 0.717) is 13.0 Å². The van der Waals surface area contributed by atoms with Crippen LogP contribution in [0.5, 0.6) is 0 Å². The summed E-state index contributed by atoms with van der Waals surface area (Å²) in [5.74, 6) is -1.38. The Hall–Kier alpha value is -1.63. The van der Waals surface area contributed by atoms with Crippen molar-refractivity contribution in [2.24, 2.45) is 0 Å². The topological polar surface area (TPSA) is 90.9 Å². The number of carbonyl (C=O) groups is 3. The molecule has 1 aliphatic heterocycles. The Labute approximate surface area is 111 Å². The van der Waals surface area contributed by atoms with E-state index >= 15 is 0 Å². The molecule has 2 atom stereocenters. The summed E-state index contributed by atoms with van der Waals surface area (Å²) in [5, 5.41) is 2.54. The Bertz CT molecular complexity index is 337. The second-order valence-corrected chi connectivity index (χ2v) is 4.20. The lowest BCUT2D eigenvalue weighted by molar-refractivity contribution is -0.147. The fraction of sp³-hybridized carbons (Fsp3) is 0.750. The third kappa shape index (κ3) is 4.86. The lowest BCUT2D eigenvalue weighted by atomic mass is 10.1. The Morgan fingerprint density at radius 3 is 2.58 bits per heavy atom. The van der Waals surface area contributed by atoms with Crippen LogP contribution in [0.2, 0.25) is 0 Å². The molecule has 7 heteroatoms. The first-order chi connectivity index (χ1) is 9.08. The minimum Gasteiger partial charge on any atom is -0.469 e. The molecule has 0 aromatic heterocycles. The highest BCUT2D eigenvalue weighted by Gasteiger charge is 2.29.